The van der Waals surface area contributed by atoms with Crippen molar-refractivity contribution in [3.8, 4) is 0 Å². The second kappa shape index (κ2) is 9.91. The number of anilines is 3. The maximum Gasteiger partial charge on any atom is 0.307 e. The first-order chi connectivity index (χ1) is 17.3. The summed E-state index contributed by atoms with van der Waals surface area (Å²) in [6.07, 6.45) is 3.82. The van der Waals surface area contributed by atoms with Gasteiger partial charge in [-0.15, -0.1) is 0 Å². The largest absolute Gasteiger partial charge is 0.481 e. The lowest BCUT2D eigenvalue weighted by atomic mass is 10.1. The van der Waals surface area contributed by atoms with E-state index in [1.807, 2.05) is 24.3 Å². The highest BCUT2D eigenvalue weighted by molar-refractivity contribution is 7.91. The van der Waals surface area contributed by atoms with Crippen LogP contribution in [0, 0.1) is 0 Å². The van der Waals surface area contributed by atoms with Gasteiger partial charge >= 0.3 is 5.97 Å². The van der Waals surface area contributed by atoms with Crippen LogP contribution in [-0.2, 0) is 27.5 Å². The van der Waals surface area contributed by atoms with Crippen molar-refractivity contribution in [2.24, 2.45) is 0 Å². The average molecular weight is 525 g/mol. The first-order valence-electron chi connectivity index (χ1n) is 11.7. The van der Waals surface area contributed by atoms with Gasteiger partial charge in [-0.3, -0.25) is 4.79 Å². The first kappa shape index (κ1) is 24.3. The fourth-order valence-electron chi connectivity index (χ4n) is 4.53. The highest BCUT2D eigenvalue weighted by Crippen LogP contribution is 2.34. The van der Waals surface area contributed by atoms with Crippen LogP contribution in [0.3, 0.4) is 0 Å². The summed E-state index contributed by atoms with van der Waals surface area (Å²) in [6.45, 7) is 1.46. The van der Waals surface area contributed by atoms with Crippen molar-refractivity contribution in [2.75, 3.05) is 29.1 Å². The fraction of sp³-hybridized carbons (Fsp3) is 0.269. The molecule has 2 aliphatic rings. The third-order valence-electron chi connectivity index (χ3n) is 6.33. The topological polar surface area (TPSA) is 112 Å². The Bertz CT molecular complexity index is 1440. The molecule has 8 nitrogen and oxygen atoms in total. The summed E-state index contributed by atoms with van der Waals surface area (Å²) in [5.74, 6) is -0.0479. The lowest BCUT2D eigenvalue weighted by Crippen LogP contribution is -2.28. The Morgan fingerprint density at radius 2 is 1.81 bits per heavy atom. The lowest BCUT2D eigenvalue weighted by molar-refractivity contribution is -0.136. The van der Waals surface area contributed by atoms with Gasteiger partial charge in [0.2, 0.25) is 0 Å². The molecule has 10 heteroatoms. The average Bonchev–Trinajstić information content (AvgIpc) is 2.85. The van der Waals surface area contributed by atoms with Crippen molar-refractivity contribution in [3.05, 3.63) is 76.7 Å². The molecule has 0 unspecified atom stereocenters. The number of carboxylic acid groups (broad SMARTS) is 1. The molecule has 0 bridgehead atoms. The number of benzene rings is 2. The van der Waals surface area contributed by atoms with Gasteiger partial charge in [-0.2, -0.15) is 0 Å². The standard InChI is InChI=1S/C26H25ClN4O4S/c27-19-5-9-21(10-6-19)31-13-11-18(12-14-31)25-29-22-2-1-15-36(34,35)24(22)26(30-25)28-20-7-3-17(4-8-20)16-23(32)33/h3-11H,1-2,12-16H2,(H,32,33)(H,28,29,30). The normalized spacial score (nSPS) is 16.7. The number of rotatable bonds is 6. The first-order valence-corrected chi connectivity index (χ1v) is 13.7. The molecular weight excluding hydrogens is 500 g/mol. The van der Waals surface area contributed by atoms with Crippen LogP contribution >= 0.6 is 11.6 Å². The van der Waals surface area contributed by atoms with E-state index in [0.717, 1.165) is 24.2 Å². The van der Waals surface area contributed by atoms with E-state index < -0.39 is 15.8 Å². The summed E-state index contributed by atoms with van der Waals surface area (Å²) in [6, 6.07) is 14.6. The Hall–Kier alpha value is -3.43. The molecule has 2 N–H and O–H groups in total. The number of aliphatic carboxylic acids is 1. The van der Waals surface area contributed by atoms with Gasteiger partial charge in [0.05, 0.1) is 17.9 Å². The summed E-state index contributed by atoms with van der Waals surface area (Å²) >= 11 is 6.01. The number of fused-ring (bicyclic) bond motifs is 1. The van der Waals surface area contributed by atoms with Crippen molar-refractivity contribution in [2.45, 2.75) is 30.6 Å². The van der Waals surface area contributed by atoms with Crippen molar-refractivity contribution >= 4 is 50.2 Å². The van der Waals surface area contributed by atoms with E-state index in [0.29, 0.717) is 47.2 Å². The molecule has 186 valence electrons. The summed E-state index contributed by atoms with van der Waals surface area (Å²) in [5.41, 5.74) is 3.89. The third kappa shape index (κ3) is 5.22. The molecule has 3 aromatic rings. The number of nitrogens with one attached hydrogen (secondary N) is 1. The van der Waals surface area contributed by atoms with Crippen LogP contribution in [0.5, 0.6) is 0 Å². The quantitative estimate of drug-likeness (QED) is 0.484. The maximum absolute atomic E-state index is 13.0. The van der Waals surface area contributed by atoms with Crippen LogP contribution in [0.15, 0.2) is 59.5 Å². The number of aryl methyl sites for hydroxylation is 1. The van der Waals surface area contributed by atoms with Gasteiger partial charge in [-0.05, 0) is 66.8 Å². The number of aromatic nitrogens is 2. The van der Waals surface area contributed by atoms with E-state index in [1.54, 1.807) is 24.3 Å². The van der Waals surface area contributed by atoms with E-state index in [2.05, 4.69) is 21.3 Å². The van der Waals surface area contributed by atoms with Crippen LogP contribution in [0.25, 0.3) is 5.57 Å². The monoisotopic (exact) mass is 524 g/mol. The number of carbonyl (C=O) groups is 1. The van der Waals surface area contributed by atoms with Gasteiger partial charge in [-0.1, -0.05) is 29.8 Å². The minimum atomic E-state index is -3.52. The minimum absolute atomic E-state index is 0.0632. The van der Waals surface area contributed by atoms with Gasteiger partial charge < -0.3 is 15.3 Å². The molecule has 0 amide bonds. The molecule has 0 saturated heterocycles. The number of nitrogens with zero attached hydrogens (tertiary/aromatic N) is 3. The van der Waals surface area contributed by atoms with E-state index >= 15 is 0 Å². The smallest absolute Gasteiger partial charge is 0.307 e. The van der Waals surface area contributed by atoms with Crippen LogP contribution in [0.1, 0.15) is 29.9 Å². The Labute approximate surface area is 214 Å². The van der Waals surface area contributed by atoms with Crippen LogP contribution < -0.4 is 10.2 Å². The van der Waals surface area contributed by atoms with E-state index in [1.165, 1.54) is 0 Å². The zero-order valence-electron chi connectivity index (χ0n) is 19.4. The number of hydrogen-bond acceptors (Lipinski definition) is 7. The molecule has 1 aromatic heterocycles. The molecule has 0 spiro atoms. The number of carboxylic acids is 1. The predicted octanol–water partition coefficient (Wildman–Crippen LogP) is 4.51. The predicted molar refractivity (Wildman–Crippen MR) is 140 cm³/mol. The highest BCUT2D eigenvalue weighted by atomic mass is 35.5. The van der Waals surface area contributed by atoms with Crippen molar-refractivity contribution < 1.29 is 18.3 Å². The molecule has 5 rings (SSSR count). The second-order valence-corrected chi connectivity index (χ2v) is 11.4. The summed E-state index contributed by atoms with van der Waals surface area (Å²) in [7, 11) is -3.52. The van der Waals surface area contributed by atoms with Crippen LogP contribution in [-0.4, -0.2) is 48.3 Å². The van der Waals surface area contributed by atoms with Gasteiger partial charge in [0.25, 0.3) is 0 Å². The number of hydrogen-bond donors (Lipinski definition) is 2. The Morgan fingerprint density at radius 1 is 1.06 bits per heavy atom. The molecule has 0 fully saturated rings. The zero-order valence-corrected chi connectivity index (χ0v) is 21.0. The van der Waals surface area contributed by atoms with Crippen molar-refractivity contribution in [1.82, 2.24) is 9.97 Å². The molecule has 2 aromatic carbocycles. The Morgan fingerprint density at radius 3 is 2.47 bits per heavy atom. The fourth-order valence-corrected chi connectivity index (χ4v) is 6.28. The second-order valence-electron chi connectivity index (χ2n) is 8.89. The van der Waals surface area contributed by atoms with Gasteiger partial charge in [-0.25, -0.2) is 18.4 Å². The van der Waals surface area contributed by atoms with Gasteiger partial charge in [0.15, 0.2) is 21.5 Å². The van der Waals surface area contributed by atoms with E-state index in [9.17, 15) is 13.2 Å². The Kier molecular flexibility index (Phi) is 6.68. The molecule has 0 atom stereocenters. The van der Waals surface area contributed by atoms with E-state index in [-0.39, 0.29) is 22.9 Å². The number of halogens is 1. The maximum atomic E-state index is 13.0. The summed E-state index contributed by atoms with van der Waals surface area (Å²) in [5, 5.41) is 12.9. The molecule has 0 aliphatic carbocycles. The van der Waals surface area contributed by atoms with Crippen molar-refractivity contribution in [1.29, 1.82) is 0 Å². The molecular formula is C26H25ClN4O4S. The summed E-state index contributed by atoms with van der Waals surface area (Å²) in [4.78, 5) is 22.7. The van der Waals surface area contributed by atoms with Gasteiger partial charge in [0, 0.05) is 29.5 Å². The molecule has 0 saturated carbocycles. The molecule has 0 radical (unpaired) electrons. The van der Waals surface area contributed by atoms with Gasteiger partial charge in [0.1, 0.15) is 4.90 Å². The van der Waals surface area contributed by atoms with Crippen molar-refractivity contribution in [3.63, 3.8) is 0 Å². The molecule has 2 aliphatic heterocycles. The van der Waals surface area contributed by atoms with E-state index in [4.69, 9.17) is 21.7 Å². The summed E-state index contributed by atoms with van der Waals surface area (Å²) < 4.78 is 25.9. The van der Waals surface area contributed by atoms with Crippen LogP contribution in [0.4, 0.5) is 17.2 Å². The minimum Gasteiger partial charge on any atom is -0.481 e. The zero-order chi connectivity index (χ0) is 25.3. The highest BCUT2D eigenvalue weighted by Gasteiger charge is 2.31. The van der Waals surface area contributed by atoms with Crippen LogP contribution in [0.2, 0.25) is 5.02 Å². The Balaban J connectivity index is 1.46. The number of sulfone groups is 1. The third-order valence-corrected chi connectivity index (χ3v) is 8.46. The SMILES string of the molecule is O=C(O)Cc1ccc(Nc2nc(C3=CCN(c4ccc(Cl)cc4)CC3)nc3c2S(=O)(=O)CCC3)cc1. The lowest BCUT2D eigenvalue weighted by Gasteiger charge is -2.28. The molecule has 36 heavy (non-hydrogen) atoms. The molecule has 3 heterocycles.